The van der Waals surface area contributed by atoms with Crippen molar-refractivity contribution in [1.82, 2.24) is 0 Å². The number of ether oxygens (including phenoxy) is 1. The van der Waals surface area contributed by atoms with Gasteiger partial charge in [0.1, 0.15) is 5.75 Å². The first-order chi connectivity index (χ1) is 6.65. The Balaban J connectivity index is 3.18. The lowest BCUT2D eigenvalue weighted by Gasteiger charge is -2.04. The quantitative estimate of drug-likeness (QED) is 0.721. The fourth-order valence-corrected chi connectivity index (χ4v) is 1.16. The van der Waals surface area contributed by atoms with Gasteiger partial charge in [-0.05, 0) is 19.1 Å². The number of nitrogens with two attached hydrogens (primary N) is 1. The maximum absolute atomic E-state index is 10.5. The van der Waals surface area contributed by atoms with Crippen LogP contribution < -0.4 is 10.5 Å². The minimum atomic E-state index is -0.883. The van der Waals surface area contributed by atoms with E-state index in [1.54, 1.807) is 25.1 Å². The fraction of sp³-hybridized carbons (Fsp3) is 0.100. The molecule has 14 heavy (non-hydrogen) atoms. The first-order valence-corrected chi connectivity index (χ1v) is 4.21. The Kier molecular flexibility index (Phi) is 3.38. The molecule has 0 radical (unpaired) electrons. The van der Waals surface area contributed by atoms with Crippen LogP contribution in [0.5, 0.6) is 5.75 Å². The van der Waals surface area contributed by atoms with Crippen molar-refractivity contribution < 1.29 is 9.53 Å². The molecule has 0 unspecified atom stereocenters. The van der Waals surface area contributed by atoms with E-state index >= 15 is 0 Å². The summed E-state index contributed by atoms with van der Waals surface area (Å²) in [6.07, 6.45) is -0.883. The molecule has 0 saturated heterocycles. The summed E-state index contributed by atoms with van der Waals surface area (Å²) in [6, 6.07) is 4.90. The van der Waals surface area contributed by atoms with E-state index in [-0.39, 0.29) is 5.75 Å². The summed E-state index contributed by atoms with van der Waals surface area (Å²) in [7, 11) is 0. The summed E-state index contributed by atoms with van der Waals surface area (Å²) in [5.41, 5.74) is 5.36. The molecule has 0 aliphatic heterocycles. The number of hydrogen-bond donors (Lipinski definition) is 1. The summed E-state index contributed by atoms with van der Waals surface area (Å²) in [4.78, 5) is 10.5. The molecule has 1 aromatic rings. The van der Waals surface area contributed by atoms with Gasteiger partial charge in [0.25, 0.3) is 0 Å². The molecule has 0 atom stereocenters. The SMILES string of the molecule is CC#Cc1c(Cl)cccc1OC(N)=O. The van der Waals surface area contributed by atoms with E-state index in [0.29, 0.717) is 10.6 Å². The number of halogens is 1. The number of primary amides is 1. The molecule has 0 heterocycles. The summed E-state index contributed by atoms with van der Waals surface area (Å²) >= 11 is 5.86. The first kappa shape index (κ1) is 10.4. The zero-order chi connectivity index (χ0) is 10.6. The predicted molar refractivity (Wildman–Crippen MR) is 54.2 cm³/mol. The fourth-order valence-electron chi connectivity index (χ4n) is 0.944. The predicted octanol–water partition coefficient (Wildman–Crippen LogP) is 2.17. The van der Waals surface area contributed by atoms with Crippen LogP contribution in [0.2, 0.25) is 5.02 Å². The van der Waals surface area contributed by atoms with Crippen LogP contribution >= 0.6 is 11.6 Å². The molecule has 0 saturated carbocycles. The molecule has 0 aliphatic rings. The molecule has 0 spiro atoms. The van der Waals surface area contributed by atoms with Gasteiger partial charge in [0.15, 0.2) is 0 Å². The van der Waals surface area contributed by atoms with Gasteiger partial charge in [-0.25, -0.2) is 4.79 Å². The Labute approximate surface area is 86.8 Å². The highest BCUT2D eigenvalue weighted by Gasteiger charge is 2.07. The summed E-state index contributed by atoms with van der Waals surface area (Å²) in [5.74, 6) is 5.68. The van der Waals surface area contributed by atoms with Crippen molar-refractivity contribution in [3.63, 3.8) is 0 Å². The maximum Gasteiger partial charge on any atom is 0.410 e. The second-order valence-electron chi connectivity index (χ2n) is 2.41. The van der Waals surface area contributed by atoms with E-state index in [0.717, 1.165) is 0 Å². The van der Waals surface area contributed by atoms with Crippen molar-refractivity contribution in [3.05, 3.63) is 28.8 Å². The highest BCUT2D eigenvalue weighted by molar-refractivity contribution is 6.32. The molecule has 1 rings (SSSR count). The topological polar surface area (TPSA) is 52.3 Å². The number of hydrogen-bond acceptors (Lipinski definition) is 2. The molecule has 3 nitrogen and oxygen atoms in total. The van der Waals surface area contributed by atoms with Crippen LogP contribution in [0.1, 0.15) is 12.5 Å². The zero-order valence-electron chi connectivity index (χ0n) is 7.50. The van der Waals surface area contributed by atoms with Gasteiger partial charge in [-0.2, -0.15) is 0 Å². The zero-order valence-corrected chi connectivity index (χ0v) is 8.26. The average molecular weight is 210 g/mol. The van der Waals surface area contributed by atoms with Gasteiger partial charge < -0.3 is 10.5 Å². The number of amides is 1. The minimum Gasteiger partial charge on any atom is -0.409 e. The Hall–Kier alpha value is -1.66. The third-order valence-electron chi connectivity index (χ3n) is 1.44. The average Bonchev–Trinajstić information content (AvgIpc) is 2.10. The molecular formula is C10H8ClNO2. The second-order valence-corrected chi connectivity index (χ2v) is 2.82. The van der Waals surface area contributed by atoms with Crippen LogP contribution in [-0.2, 0) is 0 Å². The second kappa shape index (κ2) is 4.54. The van der Waals surface area contributed by atoms with Crippen LogP contribution in [0.15, 0.2) is 18.2 Å². The minimum absolute atomic E-state index is 0.277. The third kappa shape index (κ3) is 2.41. The van der Waals surface area contributed by atoms with E-state index in [9.17, 15) is 4.79 Å². The van der Waals surface area contributed by atoms with E-state index in [2.05, 4.69) is 11.8 Å². The van der Waals surface area contributed by atoms with Crippen molar-refractivity contribution >= 4 is 17.7 Å². The van der Waals surface area contributed by atoms with Gasteiger partial charge in [-0.15, -0.1) is 5.92 Å². The van der Waals surface area contributed by atoms with Gasteiger partial charge in [0.05, 0.1) is 10.6 Å². The molecular weight excluding hydrogens is 202 g/mol. The molecule has 4 heteroatoms. The van der Waals surface area contributed by atoms with Gasteiger partial charge in [0.2, 0.25) is 0 Å². The van der Waals surface area contributed by atoms with E-state index in [4.69, 9.17) is 22.1 Å². The Bertz CT molecular complexity index is 418. The maximum atomic E-state index is 10.5. The molecule has 0 fully saturated rings. The molecule has 2 N–H and O–H groups in total. The number of carbonyl (C=O) groups excluding carboxylic acids is 1. The highest BCUT2D eigenvalue weighted by atomic mass is 35.5. The Morgan fingerprint density at radius 2 is 2.29 bits per heavy atom. The lowest BCUT2D eigenvalue weighted by molar-refractivity contribution is 0.211. The van der Waals surface area contributed by atoms with Crippen LogP contribution in [0.4, 0.5) is 4.79 Å². The standard InChI is InChI=1S/C10H8ClNO2/c1-2-4-7-8(11)5-3-6-9(7)14-10(12)13/h3,5-6H,1H3,(H2,12,13). The van der Waals surface area contributed by atoms with Crippen molar-refractivity contribution in [2.45, 2.75) is 6.92 Å². The largest absolute Gasteiger partial charge is 0.410 e. The number of carbonyl (C=O) groups is 1. The third-order valence-corrected chi connectivity index (χ3v) is 1.75. The normalized spacial score (nSPS) is 8.71. The van der Waals surface area contributed by atoms with Crippen molar-refractivity contribution in [3.8, 4) is 17.6 Å². The van der Waals surface area contributed by atoms with Crippen LogP contribution in [0.25, 0.3) is 0 Å². The van der Waals surface area contributed by atoms with Gasteiger partial charge in [-0.3, -0.25) is 0 Å². The van der Waals surface area contributed by atoms with Crippen molar-refractivity contribution in [2.75, 3.05) is 0 Å². The molecule has 0 bridgehead atoms. The van der Waals surface area contributed by atoms with Gasteiger partial charge in [-0.1, -0.05) is 23.6 Å². The number of benzene rings is 1. The molecule has 72 valence electrons. The molecule has 1 amide bonds. The van der Waals surface area contributed by atoms with Gasteiger partial charge in [0, 0.05) is 0 Å². The lowest BCUT2D eigenvalue weighted by Crippen LogP contribution is -2.16. The molecule has 0 aliphatic carbocycles. The van der Waals surface area contributed by atoms with Crippen LogP contribution in [-0.4, -0.2) is 6.09 Å². The lowest BCUT2D eigenvalue weighted by atomic mass is 10.2. The van der Waals surface area contributed by atoms with E-state index in [1.165, 1.54) is 0 Å². The van der Waals surface area contributed by atoms with Gasteiger partial charge >= 0.3 is 6.09 Å². The van der Waals surface area contributed by atoms with E-state index in [1.807, 2.05) is 0 Å². The summed E-state index contributed by atoms with van der Waals surface area (Å²) in [5, 5.41) is 0.429. The molecule has 1 aromatic carbocycles. The van der Waals surface area contributed by atoms with Crippen molar-refractivity contribution in [2.24, 2.45) is 5.73 Å². The highest BCUT2D eigenvalue weighted by Crippen LogP contribution is 2.25. The van der Waals surface area contributed by atoms with E-state index < -0.39 is 6.09 Å². The summed E-state index contributed by atoms with van der Waals surface area (Å²) < 4.78 is 4.73. The monoisotopic (exact) mass is 209 g/mol. The summed E-state index contributed by atoms with van der Waals surface area (Å²) in [6.45, 7) is 1.66. The smallest absolute Gasteiger partial charge is 0.409 e. The Morgan fingerprint density at radius 1 is 1.57 bits per heavy atom. The van der Waals surface area contributed by atoms with Crippen molar-refractivity contribution in [1.29, 1.82) is 0 Å². The van der Waals surface area contributed by atoms with Crippen LogP contribution in [0.3, 0.4) is 0 Å². The number of rotatable bonds is 1. The first-order valence-electron chi connectivity index (χ1n) is 3.83. The molecule has 0 aromatic heterocycles. The Morgan fingerprint density at radius 3 is 2.86 bits per heavy atom. The van der Waals surface area contributed by atoms with Crippen LogP contribution in [0, 0.1) is 11.8 Å².